The molecule has 0 amide bonds. The second-order valence-electron chi connectivity index (χ2n) is 3.49. The van der Waals surface area contributed by atoms with E-state index in [1.807, 2.05) is 6.92 Å². The van der Waals surface area contributed by atoms with Crippen LogP contribution >= 0.6 is 51.0 Å². The van der Waals surface area contributed by atoms with Gasteiger partial charge in [0.15, 0.2) is 0 Å². The zero-order valence-corrected chi connectivity index (χ0v) is 13.4. The molecule has 2 heterocycles. The van der Waals surface area contributed by atoms with Crippen LogP contribution in [0.25, 0.3) is 0 Å². The molecular weight excluding hydrogens is 340 g/mol. The van der Waals surface area contributed by atoms with Gasteiger partial charge in [-0.05, 0) is 41.4 Å². The summed E-state index contributed by atoms with van der Waals surface area (Å²) in [6.45, 7) is 3.91. The quantitative estimate of drug-likeness (QED) is 0.821. The van der Waals surface area contributed by atoms with E-state index in [1.54, 1.807) is 22.7 Å². The average molecular weight is 354 g/mol. The van der Waals surface area contributed by atoms with Gasteiger partial charge in [-0.15, -0.1) is 35.1 Å². The van der Waals surface area contributed by atoms with Gasteiger partial charge in [0.25, 0.3) is 0 Å². The van der Waals surface area contributed by atoms with Crippen LogP contribution in [0.5, 0.6) is 0 Å². The van der Waals surface area contributed by atoms with Crippen molar-refractivity contribution in [2.45, 2.75) is 19.9 Å². The standard InChI is InChI=1S/C11H13BrN2S2.ClH/c1-8-14-9(7-15-8)6-13-5-4-10-2-3-11(12)16-10;/h2-3,7,13H,4-6H2,1H3;1H. The van der Waals surface area contributed by atoms with Crippen LogP contribution < -0.4 is 5.32 Å². The van der Waals surface area contributed by atoms with Gasteiger partial charge in [-0.3, -0.25) is 0 Å². The summed E-state index contributed by atoms with van der Waals surface area (Å²) >= 11 is 6.98. The lowest BCUT2D eigenvalue weighted by molar-refractivity contribution is 0.680. The van der Waals surface area contributed by atoms with Crippen molar-refractivity contribution in [2.75, 3.05) is 6.54 Å². The summed E-state index contributed by atoms with van der Waals surface area (Å²) in [5.74, 6) is 0. The van der Waals surface area contributed by atoms with Gasteiger partial charge in [0, 0.05) is 23.3 Å². The summed E-state index contributed by atoms with van der Waals surface area (Å²) in [6, 6.07) is 4.27. The lowest BCUT2D eigenvalue weighted by Crippen LogP contribution is -2.16. The Balaban J connectivity index is 0.00000144. The van der Waals surface area contributed by atoms with E-state index in [9.17, 15) is 0 Å². The number of hydrogen-bond donors (Lipinski definition) is 1. The molecule has 0 saturated carbocycles. The molecule has 2 rings (SSSR count). The molecule has 17 heavy (non-hydrogen) atoms. The molecule has 94 valence electrons. The zero-order chi connectivity index (χ0) is 11.4. The first-order valence-electron chi connectivity index (χ1n) is 5.10. The SMILES string of the molecule is Cc1nc(CNCCc2ccc(Br)s2)cs1.Cl. The van der Waals surface area contributed by atoms with Gasteiger partial charge in [0.2, 0.25) is 0 Å². The number of nitrogens with zero attached hydrogens (tertiary/aromatic N) is 1. The summed E-state index contributed by atoms with van der Waals surface area (Å²) in [6.07, 6.45) is 1.08. The molecule has 0 atom stereocenters. The number of nitrogens with one attached hydrogen (secondary N) is 1. The number of thiazole rings is 1. The van der Waals surface area contributed by atoms with Crippen LogP contribution in [0.1, 0.15) is 15.6 Å². The van der Waals surface area contributed by atoms with Gasteiger partial charge in [0.1, 0.15) is 0 Å². The van der Waals surface area contributed by atoms with Crippen molar-refractivity contribution in [3.63, 3.8) is 0 Å². The third-order valence-corrected chi connectivity index (χ3v) is 4.66. The lowest BCUT2D eigenvalue weighted by atomic mass is 10.3. The summed E-state index contributed by atoms with van der Waals surface area (Å²) < 4.78 is 1.21. The highest BCUT2D eigenvalue weighted by Gasteiger charge is 1.99. The van der Waals surface area contributed by atoms with E-state index >= 15 is 0 Å². The fraction of sp³-hybridized carbons (Fsp3) is 0.364. The summed E-state index contributed by atoms with van der Waals surface area (Å²) in [5.41, 5.74) is 1.15. The lowest BCUT2D eigenvalue weighted by Gasteiger charge is -2.00. The van der Waals surface area contributed by atoms with Crippen LogP contribution in [-0.2, 0) is 13.0 Å². The highest BCUT2D eigenvalue weighted by atomic mass is 79.9. The van der Waals surface area contributed by atoms with Crippen molar-refractivity contribution in [1.29, 1.82) is 0 Å². The first-order chi connectivity index (χ1) is 7.74. The molecule has 0 bridgehead atoms. The molecule has 1 N–H and O–H groups in total. The smallest absolute Gasteiger partial charge is 0.0897 e. The van der Waals surface area contributed by atoms with Crippen LogP contribution in [0, 0.1) is 6.92 Å². The van der Waals surface area contributed by atoms with Crippen molar-refractivity contribution in [3.8, 4) is 0 Å². The van der Waals surface area contributed by atoms with E-state index in [4.69, 9.17) is 0 Å². The first-order valence-corrected chi connectivity index (χ1v) is 7.59. The number of thiophene rings is 1. The van der Waals surface area contributed by atoms with Crippen LogP contribution in [0.4, 0.5) is 0 Å². The molecule has 2 nitrogen and oxygen atoms in total. The van der Waals surface area contributed by atoms with Crippen molar-refractivity contribution in [3.05, 3.63) is 36.9 Å². The molecule has 0 aromatic carbocycles. The molecule has 0 aliphatic heterocycles. The van der Waals surface area contributed by atoms with Gasteiger partial charge in [-0.1, -0.05) is 0 Å². The Kier molecular flexibility index (Phi) is 6.66. The number of hydrogen-bond acceptors (Lipinski definition) is 4. The fourth-order valence-corrected chi connectivity index (χ4v) is 3.50. The maximum Gasteiger partial charge on any atom is 0.0897 e. The molecule has 0 spiro atoms. The molecule has 0 unspecified atom stereocenters. The monoisotopic (exact) mass is 352 g/mol. The van der Waals surface area contributed by atoms with Crippen molar-refractivity contribution in [2.24, 2.45) is 0 Å². The second-order valence-corrected chi connectivity index (χ2v) is 7.10. The Morgan fingerprint density at radius 3 is 2.82 bits per heavy atom. The second kappa shape index (κ2) is 7.48. The van der Waals surface area contributed by atoms with Crippen LogP contribution in [-0.4, -0.2) is 11.5 Å². The van der Waals surface area contributed by atoms with E-state index in [0.717, 1.165) is 30.2 Å². The number of aryl methyl sites for hydroxylation is 1. The average Bonchev–Trinajstić information content (AvgIpc) is 2.83. The Morgan fingerprint density at radius 1 is 1.41 bits per heavy atom. The molecule has 2 aromatic heterocycles. The van der Waals surface area contributed by atoms with Gasteiger partial charge >= 0.3 is 0 Å². The van der Waals surface area contributed by atoms with Gasteiger partial charge in [0.05, 0.1) is 14.5 Å². The number of halogens is 2. The van der Waals surface area contributed by atoms with E-state index in [-0.39, 0.29) is 12.4 Å². The molecule has 2 aromatic rings. The molecule has 6 heteroatoms. The van der Waals surface area contributed by atoms with E-state index in [2.05, 4.69) is 43.7 Å². The first kappa shape index (κ1) is 15.1. The van der Waals surface area contributed by atoms with Crippen LogP contribution in [0.15, 0.2) is 21.3 Å². The van der Waals surface area contributed by atoms with Crippen molar-refractivity contribution >= 4 is 51.0 Å². The normalized spacial score (nSPS) is 10.2. The Morgan fingerprint density at radius 2 is 2.24 bits per heavy atom. The predicted octanol–water partition coefficient (Wildman–Crippen LogP) is 4.03. The molecule has 0 aliphatic carbocycles. The van der Waals surface area contributed by atoms with Crippen molar-refractivity contribution < 1.29 is 0 Å². The van der Waals surface area contributed by atoms with Crippen LogP contribution in [0.3, 0.4) is 0 Å². The Bertz CT molecular complexity index is 414. The molecule has 0 saturated heterocycles. The Labute approximate surface area is 124 Å². The van der Waals surface area contributed by atoms with Crippen molar-refractivity contribution in [1.82, 2.24) is 10.3 Å². The predicted molar refractivity (Wildman–Crippen MR) is 81.5 cm³/mol. The van der Waals surface area contributed by atoms with E-state index < -0.39 is 0 Å². The largest absolute Gasteiger partial charge is 0.311 e. The minimum Gasteiger partial charge on any atom is -0.311 e. The highest BCUT2D eigenvalue weighted by Crippen LogP contribution is 2.22. The minimum atomic E-state index is 0. The van der Waals surface area contributed by atoms with E-state index in [0.29, 0.717) is 0 Å². The third kappa shape index (κ3) is 5.06. The molecule has 0 radical (unpaired) electrons. The maximum atomic E-state index is 4.41. The minimum absolute atomic E-state index is 0. The van der Waals surface area contributed by atoms with E-state index in [1.165, 1.54) is 8.66 Å². The zero-order valence-electron chi connectivity index (χ0n) is 9.40. The fourth-order valence-electron chi connectivity index (χ4n) is 1.40. The summed E-state index contributed by atoms with van der Waals surface area (Å²) in [7, 11) is 0. The highest BCUT2D eigenvalue weighted by molar-refractivity contribution is 9.11. The van der Waals surface area contributed by atoms with Gasteiger partial charge in [-0.2, -0.15) is 0 Å². The summed E-state index contributed by atoms with van der Waals surface area (Å²) in [4.78, 5) is 5.82. The van der Waals surface area contributed by atoms with Gasteiger partial charge in [-0.25, -0.2) is 4.98 Å². The number of rotatable bonds is 5. The molecule has 0 aliphatic rings. The molecule has 0 fully saturated rings. The maximum absolute atomic E-state index is 4.41. The topological polar surface area (TPSA) is 24.9 Å². The number of aromatic nitrogens is 1. The third-order valence-electron chi connectivity index (χ3n) is 2.15. The summed E-state index contributed by atoms with van der Waals surface area (Å²) in [5, 5.41) is 6.66. The van der Waals surface area contributed by atoms with Gasteiger partial charge < -0.3 is 5.32 Å². The molecular formula is C11H14BrClN2S2. The van der Waals surface area contributed by atoms with Crippen LogP contribution in [0.2, 0.25) is 0 Å². The Hall–Kier alpha value is 0.0600.